The van der Waals surface area contributed by atoms with Gasteiger partial charge in [-0.1, -0.05) is 0 Å². The van der Waals surface area contributed by atoms with Gasteiger partial charge in [0.05, 0.1) is 11.2 Å². The number of pyridine rings is 1. The number of nitrogens with zero attached hydrogens (tertiary/aromatic N) is 2. The third-order valence-corrected chi connectivity index (χ3v) is 2.12. The van der Waals surface area contributed by atoms with Gasteiger partial charge < -0.3 is 14.6 Å². The molecule has 0 aliphatic carbocycles. The molecule has 0 radical (unpaired) electrons. The van der Waals surface area contributed by atoms with Gasteiger partial charge in [-0.3, -0.25) is 10.1 Å². The molecule has 18 heavy (non-hydrogen) atoms. The highest BCUT2D eigenvalue weighted by molar-refractivity contribution is 5.48. The van der Waals surface area contributed by atoms with Crippen LogP contribution in [0.5, 0.6) is 5.88 Å². The highest BCUT2D eigenvalue weighted by atomic mass is 16.6. The van der Waals surface area contributed by atoms with E-state index >= 15 is 0 Å². The molecule has 0 aliphatic heterocycles. The number of anilines is 1. The van der Waals surface area contributed by atoms with Crippen LogP contribution in [0.15, 0.2) is 34.9 Å². The molecule has 8 nitrogen and oxygen atoms in total. The Hall–Kier alpha value is -2.61. The molecule has 3 N–H and O–H groups in total. The topological polar surface area (TPSA) is 116 Å². The molecule has 0 saturated heterocycles. The van der Waals surface area contributed by atoms with Gasteiger partial charge in [-0.2, -0.15) is 4.98 Å². The van der Waals surface area contributed by atoms with Crippen LogP contribution in [0, 0.1) is 10.1 Å². The predicted octanol–water partition coefficient (Wildman–Crippen LogP) is 1.45. The summed E-state index contributed by atoms with van der Waals surface area (Å²) in [6, 6.07) is 6.03. The average Bonchev–Trinajstić information content (AvgIpc) is 2.88. The number of nitrogens with one attached hydrogen (secondary N) is 1. The molecule has 0 atom stereocenters. The molecule has 0 aromatic carbocycles. The zero-order valence-electron chi connectivity index (χ0n) is 9.20. The van der Waals surface area contributed by atoms with Gasteiger partial charge >= 0.3 is 5.69 Å². The summed E-state index contributed by atoms with van der Waals surface area (Å²) < 4.78 is 10.3. The van der Waals surface area contributed by atoms with Crippen LogP contribution >= 0.6 is 0 Å². The largest absolute Gasteiger partial charge is 0.466 e. The number of hydrogen-bond donors (Lipinski definition) is 2. The summed E-state index contributed by atoms with van der Waals surface area (Å²) in [6.45, 7) is 0.0505. The first kappa shape index (κ1) is 11.9. The van der Waals surface area contributed by atoms with Crippen molar-refractivity contribution in [2.75, 3.05) is 5.43 Å². The molecule has 0 bridgehead atoms. The summed E-state index contributed by atoms with van der Waals surface area (Å²) in [5.74, 6) is 5.87. The second kappa shape index (κ2) is 5.15. The number of hydrazine groups is 1. The van der Waals surface area contributed by atoms with E-state index in [-0.39, 0.29) is 24.0 Å². The SMILES string of the molecule is NNc1ccc([N+](=O)[O-])c(OCc2ccco2)n1. The van der Waals surface area contributed by atoms with E-state index in [0.29, 0.717) is 5.76 Å². The lowest BCUT2D eigenvalue weighted by atomic mass is 10.4. The average molecular weight is 250 g/mol. The van der Waals surface area contributed by atoms with Gasteiger partial charge in [-0.25, -0.2) is 5.84 Å². The van der Waals surface area contributed by atoms with Gasteiger partial charge in [0.15, 0.2) is 0 Å². The zero-order chi connectivity index (χ0) is 13.0. The summed E-state index contributed by atoms with van der Waals surface area (Å²) in [6.07, 6.45) is 1.48. The fourth-order valence-electron chi connectivity index (χ4n) is 1.29. The van der Waals surface area contributed by atoms with Crippen molar-refractivity contribution in [1.82, 2.24) is 4.98 Å². The smallest absolute Gasteiger partial charge is 0.331 e. The monoisotopic (exact) mass is 250 g/mol. The Labute approximate surface area is 101 Å². The Kier molecular flexibility index (Phi) is 3.39. The molecular weight excluding hydrogens is 240 g/mol. The molecule has 2 aromatic rings. The normalized spacial score (nSPS) is 10.1. The number of rotatable bonds is 5. The van der Waals surface area contributed by atoms with E-state index in [9.17, 15) is 10.1 Å². The van der Waals surface area contributed by atoms with Gasteiger partial charge in [-0.15, -0.1) is 0 Å². The highest BCUT2D eigenvalue weighted by Crippen LogP contribution is 2.26. The summed E-state index contributed by atoms with van der Waals surface area (Å²) in [5, 5.41) is 10.8. The van der Waals surface area contributed by atoms with Crippen molar-refractivity contribution in [3.8, 4) is 5.88 Å². The number of aromatic nitrogens is 1. The van der Waals surface area contributed by atoms with Crippen molar-refractivity contribution in [2.45, 2.75) is 6.61 Å². The molecule has 0 fully saturated rings. The Morgan fingerprint density at radius 3 is 2.94 bits per heavy atom. The van der Waals surface area contributed by atoms with Crippen LogP contribution in [0.3, 0.4) is 0 Å². The van der Waals surface area contributed by atoms with Crippen LogP contribution < -0.4 is 16.0 Å². The second-order valence-electron chi connectivity index (χ2n) is 3.29. The number of nitro groups is 1. The van der Waals surface area contributed by atoms with Crippen molar-refractivity contribution in [2.24, 2.45) is 5.84 Å². The van der Waals surface area contributed by atoms with Crippen LogP contribution in [-0.4, -0.2) is 9.91 Å². The molecule has 0 unspecified atom stereocenters. The van der Waals surface area contributed by atoms with Crippen LogP contribution in [0.4, 0.5) is 11.5 Å². The number of nitrogens with two attached hydrogens (primary N) is 1. The van der Waals surface area contributed by atoms with E-state index in [1.54, 1.807) is 12.1 Å². The van der Waals surface area contributed by atoms with Crippen molar-refractivity contribution < 1.29 is 14.1 Å². The van der Waals surface area contributed by atoms with E-state index in [1.807, 2.05) is 0 Å². The fourth-order valence-corrected chi connectivity index (χ4v) is 1.29. The van der Waals surface area contributed by atoms with E-state index in [2.05, 4.69) is 10.4 Å². The maximum atomic E-state index is 10.8. The van der Waals surface area contributed by atoms with E-state index in [4.69, 9.17) is 15.0 Å². The maximum Gasteiger partial charge on any atom is 0.331 e. The predicted molar refractivity (Wildman–Crippen MR) is 61.7 cm³/mol. The van der Waals surface area contributed by atoms with E-state index in [0.717, 1.165) is 0 Å². The van der Waals surface area contributed by atoms with Crippen LogP contribution in [0.2, 0.25) is 0 Å². The van der Waals surface area contributed by atoms with Crippen molar-refractivity contribution in [3.63, 3.8) is 0 Å². The minimum Gasteiger partial charge on any atom is -0.466 e. The molecule has 0 amide bonds. The molecular formula is C10H10N4O4. The number of ether oxygens (including phenoxy) is 1. The minimum absolute atomic E-state index is 0.0505. The Bertz CT molecular complexity index is 541. The van der Waals surface area contributed by atoms with Crippen LogP contribution in [0.1, 0.15) is 5.76 Å². The quantitative estimate of drug-likeness (QED) is 0.468. The molecule has 8 heteroatoms. The van der Waals surface area contributed by atoms with Crippen molar-refractivity contribution in [1.29, 1.82) is 0 Å². The van der Waals surface area contributed by atoms with Gasteiger partial charge in [0, 0.05) is 6.07 Å². The molecule has 0 spiro atoms. The minimum atomic E-state index is -0.579. The number of hydrogen-bond acceptors (Lipinski definition) is 7. The first-order valence-corrected chi connectivity index (χ1v) is 4.98. The summed E-state index contributed by atoms with van der Waals surface area (Å²) in [5.41, 5.74) is 2.05. The Morgan fingerprint density at radius 1 is 1.50 bits per heavy atom. The van der Waals surface area contributed by atoms with Gasteiger partial charge in [0.1, 0.15) is 18.2 Å². The Morgan fingerprint density at radius 2 is 2.33 bits per heavy atom. The van der Waals surface area contributed by atoms with E-state index < -0.39 is 4.92 Å². The molecule has 2 heterocycles. The molecule has 2 aromatic heterocycles. The van der Waals surface area contributed by atoms with Crippen molar-refractivity contribution in [3.05, 3.63) is 46.4 Å². The van der Waals surface area contributed by atoms with E-state index in [1.165, 1.54) is 18.4 Å². The van der Waals surface area contributed by atoms with Gasteiger partial charge in [0.2, 0.25) is 0 Å². The van der Waals surface area contributed by atoms with Gasteiger partial charge in [0.25, 0.3) is 5.88 Å². The molecule has 94 valence electrons. The molecule has 0 saturated carbocycles. The summed E-state index contributed by atoms with van der Waals surface area (Å²) >= 11 is 0. The number of nitrogen functional groups attached to an aromatic ring is 1. The third-order valence-electron chi connectivity index (χ3n) is 2.12. The fraction of sp³-hybridized carbons (Fsp3) is 0.100. The second-order valence-corrected chi connectivity index (χ2v) is 3.29. The molecule has 0 aliphatic rings. The lowest BCUT2D eigenvalue weighted by Crippen LogP contribution is -2.10. The first-order valence-electron chi connectivity index (χ1n) is 4.98. The highest BCUT2D eigenvalue weighted by Gasteiger charge is 2.17. The van der Waals surface area contributed by atoms with Crippen molar-refractivity contribution >= 4 is 11.5 Å². The summed E-state index contributed by atoms with van der Waals surface area (Å²) in [7, 11) is 0. The number of furan rings is 1. The lowest BCUT2D eigenvalue weighted by Gasteiger charge is -2.05. The van der Waals surface area contributed by atoms with Gasteiger partial charge in [-0.05, 0) is 18.2 Å². The lowest BCUT2D eigenvalue weighted by molar-refractivity contribution is -0.386. The van der Waals surface area contributed by atoms with Crippen LogP contribution in [-0.2, 0) is 6.61 Å². The maximum absolute atomic E-state index is 10.8. The summed E-state index contributed by atoms with van der Waals surface area (Å²) in [4.78, 5) is 14.1. The standard InChI is InChI=1S/C10H10N4O4/c11-13-9-4-3-8(14(15)16)10(12-9)18-6-7-2-1-5-17-7/h1-5H,6,11H2,(H,12,13). The van der Waals surface area contributed by atoms with Crippen LogP contribution in [0.25, 0.3) is 0 Å². The Balaban J connectivity index is 2.20. The zero-order valence-corrected chi connectivity index (χ0v) is 9.20. The molecule has 2 rings (SSSR count). The first-order chi connectivity index (χ1) is 8.70. The third kappa shape index (κ3) is 2.55.